The molecule has 0 bridgehead atoms. The second kappa shape index (κ2) is 19.5. The summed E-state index contributed by atoms with van der Waals surface area (Å²) in [5, 5.41) is 4.85. The van der Waals surface area contributed by atoms with Crippen LogP contribution in [-0.2, 0) is 36.5 Å². The van der Waals surface area contributed by atoms with E-state index in [4.69, 9.17) is 0 Å². The van der Waals surface area contributed by atoms with Gasteiger partial charge in [0.2, 0.25) is 0 Å². The Bertz CT molecular complexity index is 5220. The summed E-state index contributed by atoms with van der Waals surface area (Å²) in [5.74, 6) is 0. The molecule has 0 saturated carbocycles. The van der Waals surface area contributed by atoms with Crippen LogP contribution in [0.2, 0.25) is 0 Å². The molecule has 15 aromatic carbocycles. The smallest absolute Gasteiger partial charge is 0.0725 e. The average Bonchev–Trinajstić information content (AvgIpc) is 1.66. The Morgan fingerprint density at radius 3 is 0.755 bits per heavy atom. The van der Waals surface area contributed by atoms with E-state index < -0.39 is 10.8 Å². The Balaban J connectivity index is 0.907. The predicted molar refractivity (Wildman–Crippen MR) is 389 cm³/mol. The van der Waals surface area contributed by atoms with E-state index in [1.807, 2.05) is 0 Å². The maximum absolute atomic E-state index is 2.62. The third kappa shape index (κ3) is 6.84. The summed E-state index contributed by atoms with van der Waals surface area (Å²) in [6.07, 6.45) is 3.87. The van der Waals surface area contributed by atoms with Gasteiger partial charge >= 0.3 is 0 Å². The first kappa shape index (κ1) is 52.1. The van der Waals surface area contributed by atoms with Gasteiger partial charge in [-0.2, -0.15) is 0 Å². The number of para-hydroxylation sites is 4. The van der Waals surface area contributed by atoms with Crippen molar-refractivity contribution in [3.8, 4) is 66.8 Å². The minimum Gasteiger partial charge on any atom is -0.310 e. The molecule has 438 valence electrons. The molecule has 15 aromatic rings. The maximum atomic E-state index is 2.62. The highest BCUT2D eigenvalue weighted by Gasteiger charge is 2.53. The lowest BCUT2D eigenvalue weighted by atomic mass is 9.70. The summed E-state index contributed by atoms with van der Waals surface area (Å²) >= 11 is 0. The van der Waals surface area contributed by atoms with Crippen molar-refractivity contribution in [3.05, 3.63) is 382 Å². The molecule has 6 aliphatic rings. The largest absolute Gasteiger partial charge is 0.310 e. The van der Waals surface area contributed by atoms with Crippen LogP contribution < -0.4 is 9.80 Å². The van der Waals surface area contributed by atoms with Crippen molar-refractivity contribution in [2.75, 3.05) is 9.80 Å². The summed E-state index contributed by atoms with van der Waals surface area (Å²) in [6, 6.07) is 122. The number of rotatable bonds is 4. The highest BCUT2D eigenvalue weighted by atomic mass is 15.2. The van der Waals surface area contributed by atoms with E-state index in [0.717, 1.165) is 37.1 Å². The first-order chi connectivity index (χ1) is 46.6. The number of hydrogen-bond donors (Lipinski definition) is 0. The molecule has 0 aromatic heterocycles. The number of anilines is 6. The van der Waals surface area contributed by atoms with Crippen molar-refractivity contribution in [1.82, 2.24) is 0 Å². The topological polar surface area (TPSA) is 6.48 Å². The molecule has 0 atom stereocenters. The Labute approximate surface area is 547 Å². The fourth-order valence-electron chi connectivity index (χ4n) is 18.7. The van der Waals surface area contributed by atoms with Crippen LogP contribution >= 0.6 is 0 Å². The zero-order valence-electron chi connectivity index (χ0n) is 51.7. The molecular weight excluding hydrogens is 1130 g/mol. The molecule has 0 amide bonds. The number of aryl methyl sites for hydroxylation is 4. The minimum atomic E-state index is -0.526. The first-order valence-electron chi connectivity index (χ1n) is 33.5. The highest BCUT2D eigenvalue weighted by molar-refractivity contribution is 6.23. The summed E-state index contributed by atoms with van der Waals surface area (Å²) in [5.41, 5.74) is 37.5. The Kier molecular flexibility index (Phi) is 10.8. The second-order valence-electron chi connectivity index (χ2n) is 26.7. The van der Waals surface area contributed by atoms with Gasteiger partial charge in [-0.15, -0.1) is 0 Å². The van der Waals surface area contributed by atoms with E-state index in [0.29, 0.717) is 0 Å². The van der Waals surface area contributed by atoms with Crippen LogP contribution in [0, 0.1) is 0 Å². The highest BCUT2D eigenvalue weighted by Crippen LogP contribution is 2.66. The first-order valence-corrected chi connectivity index (χ1v) is 33.5. The fourth-order valence-corrected chi connectivity index (χ4v) is 18.7. The molecule has 4 aliphatic carbocycles. The van der Waals surface area contributed by atoms with Crippen LogP contribution in [0.5, 0.6) is 0 Å². The van der Waals surface area contributed by atoms with E-state index in [1.165, 1.54) is 178 Å². The second-order valence-corrected chi connectivity index (χ2v) is 26.7. The number of fused-ring (bicyclic) bond motifs is 26. The molecule has 0 saturated heterocycles. The summed E-state index contributed by atoms with van der Waals surface area (Å²) < 4.78 is 0. The van der Waals surface area contributed by atoms with Crippen LogP contribution in [0.25, 0.3) is 88.3 Å². The average molecular weight is 1190 g/mol. The molecule has 0 fully saturated rings. The zero-order valence-corrected chi connectivity index (χ0v) is 51.7. The fraction of sp³-hybridized carbons (Fsp3) is 0.0652. The molecule has 2 heteroatoms. The third-order valence-electron chi connectivity index (χ3n) is 22.4. The third-order valence-corrected chi connectivity index (χ3v) is 22.4. The SMILES string of the molecule is c1ccc2c(c1)CCc1ccccc1N2c1ccc2c(-c3ccc4c(c3)C3(c5ccccc5-c5ccccc53)c3ccccc3-4)c3cc(N4c5ccccc5CCc5ccccc54)ccc3c(-c3ccc4c(c3)C3(c5ccccc5-c5ccccc53)c3ccccc3-4)c2c1. The van der Waals surface area contributed by atoms with Gasteiger partial charge in [-0.3, -0.25) is 0 Å². The number of hydrogen-bond acceptors (Lipinski definition) is 2. The quantitative estimate of drug-likeness (QED) is 0.162. The molecule has 2 nitrogen and oxygen atoms in total. The lowest BCUT2D eigenvalue weighted by Crippen LogP contribution is -2.25. The van der Waals surface area contributed by atoms with Crippen LogP contribution in [0.4, 0.5) is 34.1 Å². The lowest BCUT2D eigenvalue weighted by molar-refractivity contribution is 0.794. The predicted octanol–water partition coefficient (Wildman–Crippen LogP) is 23.2. The molecule has 0 radical (unpaired) electrons. The van der Waals surface area contributed by atoms with E-state index >= 15 is 0 Å². The van der Waals surface area contributed by atoms with Gasteiger partial charge in [-0.1, -0.05) is 255 Å². The Morgan fingerprint density at radius 2 is 0.457 bits per heavy atom. The molecule has 2 heterocycles. The van der Waals surface area contributed by atoms with Gasteiger partial charge in [0.1, 0.15) is 0 Å². The Hall–Kier alpha value is -11.6. The van der Waals surface area contributed by atoms with Crippen LogP contribution in [-0.4, -0.2) is 0 Å². The van der Waals surface area contributed by atoms with E-state index in [1.54, 1.807) is 0 Å². The van der Waals surface area contributed by atoms with Crippen molar-refractivity contribution in [2.45, 2.75) is 36.5 Å². The van der Waals surface area contributed by atoms with Crippen molar-refractivity contribution in [2.24, 2.45) is 0 Å². The van der Waals surface area contributed by atoms with Crippen LogP contribution in [0.15, 0.2) is 315 Å². The molecule has 0 unspecified atom stereocenters. The number of nitrogens with zero attached hydrogens (tertiary/aromatic N) is 2. The molecular formula is C92H60N2. The van der Waals surface area contributed by atoms with Crippen LogP contribution in [0.3, 0.4) is 0 Å². The maximum Gasteiger partial charge on any atom is 0.0725 e. The van der Waals surface area contributed by atoms with Crippen molar-refractivity contribution in [3.63, 3.8) is 0 Å². The van der Waals surface area contributed by atoms with E-state index in [9.17, 15) is 0 Å². The van der Waals surface area contributed by atoms with Gasteiger partial charge in [0.25, 0.3) is 0 Å². The van der Waals surface area contributed by atoms with Gasteiger partial charge < -0.3 is 9.80 Å². The van der Waals surface area contributed by atoms with Crippen molar-refractivity contribution in [1.29, 1.82) is 0 Å². The standard InChI is InChI=1S/C92H60N2/c1-17-37-85-57(21-1)41-42-58-22-2-18-38-86(58)93(85)63-47-51-73-75(55-63)89(61-45-49-71-69-29-9-15-35-81(69)91(83(71)53-61)77-31-11-5-25-65(77)66-26-6-12-32-78(66)91)74-52-48-64(94-87-39-19-3-23-59(87)43-44-60-24-4-20-40-88(60)94)56-76(74)90(73)62-46-50-72-70-30-10-16-36-82(70)92(84(72)54-62)79-33-13-7-27-67(79)68-28-8-14-34-80(68)92/h1-40,45-56H,41-44H2. The number of benzene rings is 15. The van der Waals surface area contributed by atoms with Crippen molar-refractivity contribution < 1.29 is 0 Å². The Morgan fingerprint density at radius 1 is 0.202 bits per heavy atom. The van der Waals surface area contributed by atoms with Gasteiger partial charge in [-0.05, 0) is 241 Å². The summed E-state index contributed by atoms with van der Waals surface area (Å²) in [7, 11) is 0. The minimum absolute atomic E-state index is 0.526. The van der Waals surface area contributed by atoms with E-state index in [2.05, 4.69) is 325 Å². The molecule has 2 aliphatic heterocycles. The molecule has 21 rings (SSSR count). The summed E-state index contributed by atoms with van der Waals surface area (Å²) in [6.45, 7) is 0. The zero-order chi connectivity index (χ0) is 61.4. The van der Waals surface area contributed by atoms with Crippen LogP contribution in [0.1, 0.15) is 66.8 Å². The monoisotopic (exact) mass is 1190 g/mol. The van der Waals surface area contributed by atoms with Gasteiger partial charge in [0, 0.05) is 34.1 Å². The summed E-state index contributed by atoms with van der Waals surface area (Å²) in [4.78, 5) is 5.13. The van der Waals surface area contributed by atoms with E-state index in [-0.39, 0.29) is 0 Å². The molecule has 0 N–H and O–H groups in total. The van der Waals surface area contributed by atoms with Gasteiger partial charge in [0.05, 0.1) is 10.8 Å². The molecule has 94 heavy (non-hydrogen) atoms. The van der Waals surface area contributed by atoms with Gasteiger partial charge in [0.15, 0.2) is 0 Å². The lowest BCUT2D eigenvalue weighted by Gasteiger charge is -2.31. The normalized spacial score (nSPS) is 14.8. The van der Waals surface area contributed by atoms with Crippen molar-refractivity contribution >= 4 is 55.7 Å². The molecule has 2 spiro atoms. The van der Waals surface area contributed by atoms with Gasteiger partial charge in [-0.25, -0.2) is 0 Å².